The fraction of sp³-hybridized carbons (Fsp3) is 0.316. The highest BCUT2D eigenvalue weighted by Gasteiger charge is 2.21. The van der Waals surface area contributed by atoms with Gasteiger partial charge in [-0.25, -0.2) is 8.42 Å². The lowest BCUT2D eigenvalue weighted by molar-refractivity contribution is 0.0827. The quantitative estimate of drug-likeness (QED) is 0.745. The molecule has 0 fully saturated rings. The summed E-state index contributed by atoms with van der Waals surface area (Å²) in [5.74, 6) is 0.415. The highest BCUT2D eigenvalue weighted by atomic mass is 32.2. The molecule has 0 atom stereocenters. The number of para-hydroxylation sites is 2. The molecule has 6 nitrogen and oxygen atoms in total. The van der Waals surface area contributed by atoms with Crippen LogP contribution in [0.2, 0.25) is 0 Å². The van der Waals surface area contributed by atoms with E-state index in [9.17, 15) is 13.2 Å². The summed E-state index contributed by atoms with van der Waals surface area (Å²) in [7, 11) is -0.145. The summed E-state index contributed by atoms with van der Waals surface area (Å²) in [5, 5.41) is 0. The molecule has 0 spiro atoms. The van der Waals surface area contributed by atoms with Gasteiger partial charge in [0, 0.05) is 19.7 Å². The monoisotopic (exact) mass is 376 g/mol. The van der Waals surface area contributed by atoms with Crippen molar-refractivity contribution < 1.29 is 17.9 Å². The van der Waals surface area contributed by atoms with E-state index in [1.54, 1.807) is 62.6 Å². The van der Waals surface area contributed by atoms with Gasteiger partial charge in [0.15, 0.2) is 0 Å². The highest BCUT2D eigenvalue weighted by Crippen LogP contribution is 2.31. The molecule has 26 heavy (non-hydrogen) atoms. The predicted molar refractivity (Wildman–Crippen MR) is 103 cm³/mol. The third-order valence-electron chi connectivity index (χ3n) is 3.77. The van der Waals surface area contributed by atoms with Crippen molar-refractivity contribution in [3.8, 4) is 5.75 Å². The molecule has 0 heterocycles. The van der Waals surface area contributed by atoms with Crippen molar-refractivity contribution in [2.24, 2.45) is 0 Å². The van der Waals surface area contributed by atoms with Gasteiger partial charge in [-0.05, 0) is 36.8 Å². The van der Waals surface area contributed by atoms with E-state index in [2.05, 4.69) is 0 Å². The van der Waals surface area contributed by atoms with Crippen LogP contribution in [0.3, 0.4) is 0 Å². The molecule has 0 aromatic heterocycles. The zero-order valence-electron chi connectivity index (χ0n) is 15.5. The van der Waals surface area contributed by atoms with Crippen LogP contribution < -0.4 is 9.04 Å². The van der Waals surface area contributed by atoms with Gasteiger partial charge >= 0.3 is 0 Å². The van der Waals surface area contributed by atoms with Crippen molar-refractivity contribution in [1.29, 1.82) is 0 Å². The van der Waals surface area contributed by atoms with Gasteiger partial charge in [0.25, 0.3) is 5.91 Å². The molecule has 0 aliphatic heterocycles. The minimum Gasteiger partial charge on any atom is -0.492 e. The number of nitrogens with zero attached hydrogens (tertiary/aromatic N) is 2. The van der Waals surface area contributed by atoms with Gasteiger partial charge in [-0.15, -0.1) is 0 Å². The standard InChI is InChI=1S/C19H24N2O4S/c1-5-25-18-9-7-6-8-17(18)21(26(4,23)24)14-15-10-12-16(13-11-15)19(22)20(2)3/h6-13H,5,14H2,1-4H3. The minimum absolute atomic E-state index is 0.0989. The molecular formula is C19H24N2O4S. The van der Waals surface area contributed by atoms with Crippen LogP contribution in [0.5, 0.6) is 5.75 Å². The van der Waals surface area contributed by atoms with Gasteiger partial charge < -0.3 is 9.64 Å². The highest BCUT2D eigenvalue weighted by molar-refractivity contribution is 7.92. The Bertz CT molecular complexity index is 861. The molecule has 0 aliphatic rings. The molecule has 2 aromatic carbocycles. The Morgan fingerprint density at radius 1 is 1.04 bits per heavy atom. The van der Waals surface area contributed by atoms with Gasteiger partial charge in [-0.1, -0.05) is 24.3 Å². The van der Waals surface area contributed by atoms with Crippen molar-refractivity contribution in [1.82, 2.24) is 4.90 Å². The van der Waals surface area contributed by atoms with Crippen LogP contribution in [-0.2, 0) is 16.6 Å². The number of ether oxygens (including phenoxy) is 1. The summed E-state index contributed by atoms with van der Waals surface area (Å²) in [4.78, 5) is 13.5. The molecule has 0 saturated carbocycles. The Balaban J connectivity index is 2.35. The molecule has 2 rings (SSSR count). The zero-order valence-corrected chi connectivity index (χ0v) is 16.3. The van der Waals surface area contributed by atoms with Crippen LogP contribution in [0, 0.1) is 0 Å². The number of amides is 1. The molecule has 1 amide bonds. The summed E-state index contributed by atoms with van der Waals surface area (Å²) >= 11 is 0. The number of carbonyl (C=O) groups is 1. The Hall–Kier alpha value is -2.54. The average Bonchev–Trinajstić information content (AvgIpc) is 2.59. The van der Waals surface area contributed by atoms with Crippen LogP contribution in [0.15, 0.2) is 48.5 Å². The maximum absolute atomic E-state index is 12.4. The lowest BCUT2D eigenvalue weighted by Crippen LogP contribution is -2.29. The number of rotatable bonds is 7. The normalized spacial score (nSPS) is 11.1. The van der Waals surface area contributed by atoms with E-state index in [1.807, 2.05) is 6.92 Å². The van der Waals surface area contributed by atoms with Crippen molar-refractivity contribution >= 4 is 21.6 Å². The smallest absolute Gasteiger partial charge is 0.253 e. The van der Waals surface area contributed by atoms with Crippen molar-refractivity contribution in [3.63, 3.8) is 0 Å². The van der Waals surface area contributed by atoms with Crippen LogP contribution in [0.1, 0.15) is 22.8 Å². The second-order valence-electron chi connectivity index (χ2n) is 6.07. The first-order valence-electron chi connectivity index (χ1n) is 8.24. The Morgan fingerprint density at radius 2 is 1.65 bits per heavy atom. The van der Waals surface area contributed by atoms with Crippen LogP contribution in [0.25, 0.3) is 0 Å². The molecular weight excluding hydrogens is 352 g/mol. The summed E-state index contributed by atoms with van der Waals surface area (Å²) < 4.78 is 31.6. The molecule has 0 radical (unpaired) electrons. The van der Waals surface area contributed by atoms with E-state index in [1.165, 1.54) is 15.5 Å². The van der Waals surface area contributed by atoms with E-state index in [-0.39, 0.29) is 12.5 Å². The maximum Gasteiger partial charge on any atom is 0.253 e. The summed E-state index contributed by atoms with van der Waals surface area (Å²) in [6, 6.07) is 14.0. The van der Waals surface area contributed by atoms with Crippen LogP contribution in [-0.4, -0.2) is 46.2 Å². The third-order valence-corrected chi connectivity index (χ3v) is 4.89. The van der Waals surface area contributed by atoms with Crippen molar-refractivity contribution in [2.75, 3.05) is 31.3 Å². The first-order valence-corrected chi connectivity index (χ1v) is 10.1. The molecule has 0 aliphatic carbocycles. The van der Waals surface area contributed by atoms with E-state index in [0.29, 0.717) is 23.6 Å². The fourth-order valence-electron chi connectivity index (χ4n) is 2.50. The number of benzene rings is 2. The Morgan fingerprint density at radius 3 is 2.19 bits per heavy atom. The molecule has 7 heteroatoms. The number of carbonyl (C=O) groups excluding carboxylic acids is 1. The first kappa shape index (κ1) is 19.8. The second-order valence-corrected chi connectivity index (χ2v) is 7.97. The van der Waals surface area contributed by atoms with Gasteiger partial charge in [0.2, 0.25) is 10.0 Å². The number of hydrogen-bond donors (Lipinski definition) is 0. The predicted octanol–water partition coefficient (Wildman–Crippen LogP) is 2.75. The van der Waals surface area contributed by atoms with Crippen LogP contribution >= 0.6 is 0 Å². The van der Waals surface area contributed by atoms with Gasteiger partial charge in [-0.2, -0.15) is 0 Å². The lowest BCUT2D eigenvalue weighted by atomic mass is 10.1. The first-order chi connectivity index (χ1) is 12.2. The van der Waals surface area contributed by atoms with E-state index < -0.39 is 10.0 Å². The lowest BCUT2D eigenvalue weighted by Gasteiger charge is -2.24. The molecule has 0 saturated heterocycles. The van der Waals surface area contributed by atoms with E-state index in [0.717, 1.165) is 5.56 Å². The molecule has 2 aromatic rings. The molecule has 140 valence electrons. The summed E-state index contributed by atoms with van der Waals surface area (Å²) in [6.45, 7) is 2.44. The Kier molecular flexibility index (Phi) is 6.26. The van der Waals surface area contributed by atoms with Gasteiger partial charge in [0.1, 0.15) is 5.75 Å². The summed E-state index contributed by atoms with van der Waals surface area (Å²) in [5.41, 5.74) is 1.82. The zero-order chi connectivity index (χ0) is 19.3. The molecule has 0 unspecified atom stereocenters. The van der Waals surface area contributed by atoms with E-state index >= 15 is 0 Å². The van der Waals surface area contributed by atoms with Crippen molar-refractivity contribution in [3.05, 3.63) is 59.7 Å². The Labute approximate surface area is 155 Å². The second kappa shape index (κ2) is 8.23. The fourth-order valence-corrected chi connectivity index (χ4v) is 3.39. The largest absolute Gasteiger partial charge is 0.492 e. The van der Waals surface area contributed by atoms with Crippen molar-refractivity contribution in [2.45, 2.75) is 13.5 Å². The minimum atomic E-state index is -3.52. The topological polar surface area (TPSA) is 66.9 Å². The average molecular weight is 376 g/mol. The SMILES string of the molecule is CCOc1ccccc1N(Cc1ccc(C(=O)N(C)C)cc1)S(C)(=O)=O. The van der Waals surface area contributed by atoms with Crippen LogP contribution in [0.4, 0.5) is 5.69 Å². The third kappa shape index (κ3) is 4.76. The van der Waals surface area contributed by atoms with Gasteiger partial charge in [-0.3, -0.25) is 9.10 Å². The molecule has 0 bridgehead atoms. The van der Waals surface area contributed by atoms with Gasteiger partial charge in [0.05, 0.1) is 25.1 Å². The number of hydrogen-bond acceptors (Lipinski definition) is 4. The summed E-state index contributed by atoms with van der Waals surface area (Å²) in [6.07, 6.45) is 1.17. The number of anilines is 1. The maximum atomic E-state index is 12.4. The van der Waals surface area contributed by atoms with E-state index in [4.69, 9.17) is 4.74 Å². The molecule has 0 N–H and O–H groups in total. The number of sulfonamides is 1.